The zero-order chi connectivity index (χ0) is 16.3. The summed E-state index contributed by atoms with van der Waals surface area (Å²) in [6.45, 7) is 8.37. The monoisotopic (exact) mass is 302 g/mol. The SMILES string of the molecule is CCC1(CC)C(=O)NC(C(C)C)C(=O)N1Cc1ccccc1. The third-order valence-corrected chi connectivity index (χ3v) is 4.78. The van der Waals surface area contributed by atoms with Gasteiger partial charge < -0.3 is 10.2 Å². The number of hydrogen-bond donors (Lipinski definition) is 1. The van der Waals surface area contributed by atoms with Gasteiger partial charge in [-0.15, -0.1) is 0 Å². The van der Waals surface area contributed by atoms with Crippen molar-refractivity contribution < 1.29 is 9.59 Å². The van der Waals surface area contributed by atoms with Crippen molar-refractivity contribution in [3.05, 3.63) is 35.9 Å². The van der Waals surface area contributed by atoms with E-state index in [1.54, 1.807) is 4.90 Å². The number of rotatable bonds is 5. The molecule has 0 bridgehead atoms. The van der Waals surface area contributed by atoms with Crippen LogP contribution in [0.2, 0.25) is 0 Å². The first-order valence-electron chi connectivity index (χ1n) is 8.12. The van der Waals surface area contributed by atoms with Crippen molar-refractivity contribution >= 4 is 11.8 Å². The van der Waals surface area contributed by atoms with Gasteiger partial charge in [-0.2, -0.15) is 0 Å². The molecular weight excluding hydrogens is 276 g/mol. The summed E-state index contributed by atoms with van der Waals surface area (Å²) in [7, 11) is 0. The van der Waals surface area contributed by atoms with Crippen molar-refractivity contribution in [3.8, 4) is 0 Å². The third kappa shape index (κ3) is 2.74. The molecule has 1 N–H and O–H groups in total. The highest BCUT2D eigenvalue weighted by molar-refractivity contribution is 5.99. The molecule has 4 heteroatoms. The van der Waals surface area contributed by atoms with Gasteiger partial charge in [-0.3, -0.25) is 9.59 Å². The van der Waals surface area contributed by atoms with Crippen LogP contribution in [-0.2, 0) is 16.1 Å². The van der Waals surface area contributed by atoms with Crippen LogP contribution in [0.25, 0.3) is 0 Å². The summed E-state index contributed by atoms with van der Waals surface area (Å²) in [5.74, 6) is 0.0929. The van der Waals surface area contributed by atoms with Gasteiger partial charge in [0.25, 0.3) is 0 Å². The third-order valence-electron chi connectivity index (χ3n) is 4.78. The molecule has 0 aliphatic carbocycles. The van der Waals surface area contributed by atoms with E-state index in [2.05, 4.69) is 5.32 Å². The summed E-state index contributed by atoms with van der Waals surface area (Å²) in [4.78, 5) is 27.5. The fourth-order valence-electron chi connectivity index (χ4n) is 3.24. The summed E-state index contributed by atoms with van der Waals surface area (Å²) in [5.41, 5.74) is 0.317. The number of hydrogen-bond acceptors (Lipinski definition) is 2. The molecule has 1 unspecified atom stereocenters. The van der Waals surface area contributed by atoms with Crippen LogP contribution in [-0.4, -0.2) is 28.3 Å². The average Bonchev–Trinajstić information content (AvgIpc) is 2.52. The number of carbonyl (C=O) groups excluding carboxylic acids is 2. The van der Waals surface area contributed by atoms with Crippen LogP contribution in [0.3, 0.4) is 0 Å². The molecule has 4 nitrogen and oxygen atoms in total. The van der Waals surface area contributed by atoms with Gasteiger partial charge in [0.2, 0.25) is 11.8 Å². The lowest BCUT2D eigenvalue weighted by Crippen LogP contribution is -2.70. The van der Waals surface area contributed by atoms with Gasteiger partial charge >= 0.3 is 0 Å². The van der Waals surface area contributed by atoms with E-state index in [9.17, 15) is 9.59 Å². The zero-order valence-electron chi connectivity index (χ0n) is 13.9. The minimum absolute atomic E-state index is 0.0215. The van der Waals surface area contributed by atoms with Gasteiger partial charge in [0, 0.05) is 6.54 Å². The molecule has 22 heavy (non-hydrogen) atoms. The van der Waals surface area contributed by atoms with Crippen molar-refractivity contribution in [1.82, 2.24) is 10.2 Å². The van der Waals surface area contributed by atoms with Gasteiger partial charge in [-0.25, -0.2) is 0 Å². The number of benzene rings is 1. The fraction of sp³-hybridized carbons (Fsp3) is 0.556. The van der Waals surface area contributed by atoms with Crippen molar-refractivity contribution in [2.75, 3.05) is 0 Å². The lowest BCUT2D eigenvalue weighted by molar-refractivity contribution is -0.160. The van der Waals surface area contributed by atoms with Crippen LogP contribution in [0.1, 0.15) is 46.1 Å². The molecule has 1 saturated heterocycles. The Morgan fingerprint density at radius 2 is 1.73 bits per heavy atom. The Kier molecular flexibility index (Phi) is 4.89. The molecule has 2 rings (SSSR count). The molecule has 1 aliphatic rings. The maximum atomic E-state index is 13.0. The van der Waals surface area contributed by atoms with Crippen LogP contribution in [0.5, 0.6) is 0 Å². The van der Waals surface area contributed by atoms with E-state index in [4.69, 9.17) is 0 Å². The molecule has 1 aromatic rings. The van der Waals surface area contributed by atoms with Crippen LogP contribution in [0, 0.1) is 5.92 Å². The highest BCUT2D eigenvalue weighted by Gasteiger charge is 2.50. The van der Waals surface area contributed by atoms with Crippen molar-refractivity contribution in [2.45, 2.75) is 58.7 Å². The second-order valence-electron chi connectivity index (χ2n) is 6.34. The van der Waals surface area contributed by atoms with Crippen molar-refractivity contribution in [2.24, 2.45) is 5.92 Å². The summed E-state index contributed by atoms with van der Waals surface area (Å²) in [5, 5.41) is 2.94. The van der Waals surface area contributed by atoms with Crippen LogP contribution in [0.15, 0.2) is 30.3 Å². The molecule has 2 amide bonds. The predicted molar refractivity (Wildman–Crippen MR) is 87.1 cm³/mol. The topological polar surface area (TPSA) is 49.4 Å². The lowest BCUT2D eigenvalue weighted by atomic mass is 9.83. The maximum absolute atomic E-state index is 13.0. The number of nitrogens with one attached hydrogen (secondary N) is 1. The normalized spacial score (nSPS) is 21.1. The van der Waals surface area contributed by atoms with E-state index in [1.807, 2.05) is 58.0 Å². The highest BCUT2D eigenvalue weighted by Crippen LogP contribution is 2.31. The second-order valence-corrected chi connectivity index (χ2v) is 6.34. The van der Waals surface area contributed by atoms with E-state index in [0.717, 1.165) is 5.56 Å². The van der Waals surface area contributed by atoms with E-state index in [1.165, 1.54) is 0 Å². The summed E-state index contributed by atoms with van der Waals surface area (Å²) in [6.07, 6.45) is 1.25. The van der Waals surface area contributed by atoms with Crippen molar-refractivity contribution in [1.29, 1.82) is 0 Å². The Labute approximate surface area is 132 Å². The standard InChI is InChI=1S/C18H26N2O2/c1-5-18(6-2)17(22)19-15(13(3)4)16(21)20(18)12-14-10-8-7-9-11-14/h7-11,13,15H,5-6,12H2,1-4H3,(H,19,22). The Balaban J connectivity index is 2.40. The number of amides is 2. The molecule has 1 aliphatic heterocycles. The number of carbonyl (C=O) groups is 2. The highest BCUT2D eigenvalue weighted by atomic mass is 16.2. The van der Waals surface area contributed by atoms with Crippen molar-refractivity contribution in [3.63, 3.8) is 0 Å². The predicted octanol–water partition coefficient (Wildman–Crippen LogP) is 2.73. The van der Waals surface area contributed by atoms with Crippen LogP contribution < -0.4 is 5.32 Å². The number of nitrogens with zero attached hydrogens (tertiary/aromatic N) is 1. The molecule has 1 fully saturated rings. The Hall–Kier alpha value is -1.84. The van der Waals surface area contributed by atoms with Gasteiger partial charge in [-0.05, 0) is 24.3 Å². The van der Waals surface area contributed by atoms with E-state index >= 15 is 0 Å². The zero-order valence-corrected chi connectivity index (χ0v) is 13.9. The van der Waals surface area contributed by atoms with Crippen LogP contribution in [0.4, 0.5) is 0 Å². The molecule has 0 radical (unpaired) electrons. The largest absolute Gasteiger partial charge is 0.342 e. The fourth-order valence-corrected chi connectivity index (χ4v) is 3.24. The van der Waals surface area contributed by atoms with E-state index in [-0.39, 0.29) is 17.7 Å². The molecule has 1 atom stereocenters. The minimum atomic E-state index is -0.738. The maximum Gasteiger partial charge on any atom is 0.246 e. The summed E-state index contributed by atoms with van der Waals surface area (Å²) in [6, 6.07) is 9.45. The Bertz CT molecular complexity index is 535. The minimum Gasteiger partial charge on any atom is -0.342 e. The Morgan fingerprint density at radius 1 is 1.14 bits per heavy atom. The molecule has 1 heterocycles. The smallest absolute Gasteiger partial charge is 0.246 e. The molecule has 0 aromatic heterocycles. The van der Waals surface area contributed by atoms with Gasteiger partial charge in [0.1, 0.15) is 11.6 Å². The molecule has 1 aromatic carbocycles. The quantitative estimate of drug-likeness (QED) is 0.909. The van der Waals surface area contributed by atoms with E-state index in [0.29, 0.717) is 19.4 Å². The molecule has 120 valence electrons. The molecule has 0 spiro atoms. The van der Waals surface area contributed by atoms with Crippen LogP contribution >= 0.6 is 0 Å². The molecule has 0 saturated carbocycles. The lowest BCUT2D eigenvalue weighted by Gasteiger charge is -2.48. The van der Waals surface area contributed by atoms with E-state index < -0.39 is 11.6 Å². The Morgan fingerprint density at radius 3 is 2.23 bits per heavy atom. The average molecular weight is 302 g/mol. The first-order valence-corrected chi connectivity index (χ1v) is 8.12. The van der Waals surface area contributed by atoms with Gasteiger partial charge in [-0.1, -0.05) is 58.0 Å². The first-order chi connectivity index (χ1) is 10.5. The second kappa shape index (κ2) is 6.51. The number of piperazine rings is 1. The first kappa shape index (κ1) is 16.5. The summed E-state index contributed by atoms with van der Waals surface area (Å²) < 4.78 is 0. The van der Waals surface area contributed by atoms with Gasteiger partial charge in [0.15, 0.2) is 0 Å². The summed E-state index contributed by atoms with van der Waals surface area (Å²) >= 11 is 0. The van der Waals surface area contributed by atoms with Gasteiger partial charge in [0.05, 0.1) is 0 Å². The molecular formula is C18H26N2O2.